The first-order chi connectivity index (χ1) is 4.30. The monoisotopic (exact) mass is 141 g/mol. The molecular formula is C6H7NOS. The molecule has 3 heteroatoms. The standard InChI is InChI=1S/C6H7NOS/c8-6(9)5-2-1-3-7-4-5/h1-4,6,8-9H/t6-/m0/s1. The highest BCUT2D eigenvalue weighted by Crippen LogP contribution is 2.12. The van der Waals surface area contributed by atoms with Crippen molar-refractivity contribution in [2.45, 2.75) is 5.44 Å². The summed E-state index contributed by atoms with van der Waals surface area (Å²) in [6.07, 6.45) is 3.23. The number of hydrogen-bond donors (Lipinski definition) is 2. The molecule has 1 rings (SSSR count). The van der Waals surface area contributed by atoms with Crippen molar-refractivity contribution in [1.82, 2.24) is 4.98 Å². The van der Waals surface area contributed by atoms with Gasteiger partial charge in [0.05, 0.1) is 0 Å². The number of aromatic nitrogens is 1. The van der Waals surface area contributed by atoms with Crippen molar-refractivity contribution in [3.63, 3.8) is 0 Å². The number of thiol groups is 1. The third-order valence-corrected chi connectivity index (χ3v) is 1.28. The SMILES string of the molecule is O[C@@H](S)c1cccnc1. The van der Waals surface area contributed by atoms with Crippen molar-refractivity contribution in [3.8, 4) is 0 Å². The third kappa shape index (κ3) is 1.69. The molecule has 0 unspecified atom stereocenters. The Morgan fingerprint density at radius 2 is 2.44 bits per heavy atom. The second kappa shape index (κ2) is 2.85. The molecule has 0 spiro atoms. The Bertz CT molecular complexity index is 176. The summed E-state index contributed by atoms with van der Waals surface area (Å²) >= 11 is 3.80. The zero-order valence-corrected chi connectivity index (χ0v) is 5.62. The van der Waals surface area contributed by atoms with Crippen LogP contribution in [0.1, 0.15) is 11.0 Å². The fraction of sp³-hybridized carbons (Fsp3) is 0.167. The third-order valence-electron chi connectivity index (χ3n) is 0.983. The molecule has 0 aliphatic rings. The molecule has 0 bridgehead atoms. The lowest BCUT2D eigenvalue weighted by molar-refractivity contribution is 0.272. The number of aliphatic hydroxyl groups excluding tert-OH is 1. The molecule has 1 heterocycles. The van der Waals surface area contributed by atoms with Gasteiger partial charge in [-0.1, -0.05) is 6.07 Å². The summed E-state index contributed by atoms with van der Waals surface area (Å²) in [5.74, 6) is 0. The fourth-order valence-electron chi connectivity index (χ4n) is 0.529. The van der Waals surface area contributed by atoms with Crippen LogP contribution in [-0.2, 0) is 0 Å². The summed E-state index contributed by atoms with van der Waals surface area (Å²) in [6.45, 7) is 0. The molecule has 48 valence electrons. The van der Waals surface area contributed by atoms with Gasteiger partial charge < -0.3 is 5.11 Å². The van der Waals surface area contributed by atoms with Crippen LogP contribution in [0.2, 0.25) is 0 Å². The largest absolute Gasteiger partial charge is 0.378 e. The Morgan fingerprint density at radius 1 is 1.67 bits per heavy atom. The molecule has 0 aliphatic carbocycles. The van der Waals surface area contributed by atoms with Gasteiger partial charge in [-0.2, -0.15) is 0 Å². The Labute approximate surface area is 59.0 Å². The second-order valence-corrected chi connectivity index (χ2v) is 2.15. The first-order valence-corrected chi connectivity index (χ1v) is 3.08. The van der Waals surface area contributed by atoms with Crippen LogP contribution < -0.4 is 0 Å². The van der Waals surface area contributed by atoms with Crippen LogP contribution in [0.3, 0.4) is 0 Å². The van der Waals surface area contributed by atoms with Crippen LogP contribution in [0.15, 0.2) is 24.5 Å². The van der Waals surface area contributed by atoms with E-state index in [4.69, 9.17) is 5.11 Å². The van der Waals surface area contributed by atoms with Crippen LogP contribution in [0.4, 0.5) is 0 Å². The average molecular weight is 141 g/mol. The number of pyridine rings is 1. The van der Waals surface area contributed by atoms with E-state index >= 15 is 0 Å². The molecule has 1 atom stereocenters. The lowest BCUT2D eigenvalue weighted by atomic mass is 10.3. The highest BCUT2D eigenvalue weighted by molar-refractivity contribution is 7.80. The molecule has 1 aromatic rings. The average Bonchev–Trinajstić information content (AvgIpc) is 1.90. The maximum absolute atomic E-state index is 8.85. The Hall–Kier alpha value is -0.540. The van der Waals surface area contributed by atoms with Crippen molar-refractivity contribution in [3.05, 3.63) is 30.1 Å². The molecule has 9 heavy (non-hydrogen) atoms. The van der Waals surface area contributed by atoms with Crippen molar-refractivity contribution in [2.24, 2.45) is 0 Å². The van der Waals surface area contributed by atoms with Crippen molar-refractivity contribution < 1.29 is 5.11 Å². The van der Waals surface area contributed by atoms with Crippen LogP contribution >= 0.6 is 12.6 Å². The van der Waals surface area contributed by atoms with E-state index in [1.54, 1.807) is 24.5 Å². The van der Waals surface area contributed by atoms with Crippen molar-refractivity contribution >= 4 is 12.6 Å². The molecule has 1 aromatic heterocycles. The van der Waals surface area contributed by atoms with Gasteiger partial charge in [-0.3, -0.25) is 4.98 Å². The van der Waals surface area contributed by atoms with Gasteiger partial charge in [0, 0.05) is 18.0 Å². The molecule has 0 fully saturated rings. The van der Waals surface area contributed by atoms with E-state index in [1.165, 1.54) is 0 Å². The molecule has 0 aliphatic heterocycles. The summed E-state index contributed by atoms with van der Waals surface area (Å²) in [7, 11) is 0. The van der Waals surface area contributed by atoms with Gasteiger partial charge in [0.25, 0.3) is 0 Å². The molecule has 1 N–H and O–H groups in total. The molecule has 0 aromatic carbocycles. The van der Waals surface area contributed by atoms with E-state index in [0.717, 1.165) is 5.56 Å². The summed E-state index contributed by atoms with van der Waals surface area (Å²) in [6, 6.07) is 3.53. The van der Waals surface area contributed by atoms with E-state index in [1.807, 2.05) is 0 Å². The van der Waals surface area contributed by atoms with E-state index in [2.05, 4.69) is 17.6 Å². The van der Waals surface area contributed by atoms with Gasteiger partial charge in [0.15, 0.2) is 0 Å². The minimum Gasteiger partial charge on any atom is -0.378 e. The van der Waals surface area contributed by atoms with Gasteiger partial charge in [-0.25, -0.2) is 0 Å². The first kappa shape index (κ1) is 6.58. The van der Waals surface area contributed by atoms with Crippen LogP contribution in [-0.4, -0.2) is 10.1 Å². The van der Waals surface area contributed by atoms with Crippen LogP contribution in [0.25, 0.3) is 0 Å². The number of rotatable bonds is 1. The zero-order chi connectivity index (χ0) is 6.69. The summed E-state index contributed by atoms with van der Waals surface area (Å²) in [4.78, 5) is 3.80. The van der Waals surface area contributed by atoms with Crippen LogP contribution in [0.5, 0.6) is 0 Å². The topological polar surface area (TPSA) is 33.1 Å². The minimum absolute atomic E-state index is 0.710. The quantitative estimate of drug-likeness (QED) is 0.452. The maximum atomic E-state index is 8.85. The summed E-state index contributed by atoms with van der Waals surface area (Å²) in [5, 5.41) is 8.85. The van der Waals surface area contributed by atoms with E-state index < -0.39 is 5.44 Å². The molecular weight excluding hydrogens is 134 g/mol. The van der Waals surface area contributed by atoms with Gasteiger partial charge >= 0.3 is 0 Å². The van der Waals surface area contributed by atoms with Gasteiger partial charge in [-0.05, 0) is 6.07 Å². The van der Waals surface area contributed by atoms with Crippen LogP contribution in [0, 0.1) is 0 Å². The molecule has 0 saturated carbocycles. The minimum atomic E-state index is -0.710. The normalized spacial score (nSPS) is 13.1. The van der Waals surface area contributed by atoms with Gasteiger partial charge in [0.2, 0.25) is 0 Å². The maximum Gasteiger partial charge on any atom is 0.123 e. The predicted octanol–water partition coefficient (Wildman–Crippen LogP) is 1.00. The molecule has 0 radical (unpaired) electrons. The van der Waals surface area contributed by atoms with Gasteiger partial charge in [-0.15, -0.1) is 12.6 Å². The molecule has 0 amide bonds. The Kier molecular flexibility index (Phi) is 2.08. The van der Waals surface area contributed by atoms with Crippen molar-refractivity contribution in [2.75, 3.05) is 0 Å². The number of hydrogen-bond acceptors (Lipinski definition) is 3. The predicted molar refractivity (Wildman–Crippen MR) is 38.2 cm³/mol. The van der Waals surface area contributed by atoms with E-state index in [0.29, 0.717) is 0 Å². The Morgan fingerprint density at radius 3 is 2.78 bits per heavy atom. The Balaban J connectivity index is 2.85. The van der Waals surface area contributed by atoms with Gasteiger partial charge in [0.1, 0.15) is 5.44 Å². The lowest BCUT2D eigenvalue weighted by Crippen LogP contribution is -1.86. The van der Waals surface area contributed by atoms with E-state index in [9.17, 15) is 0 Å². The highest BCUT2D eigenvalue weighted by Gasteiger charge is 1.97. The second-order valence-electron chi connectivity index (χ2n) is 1.66. The zero-order valence-electron chi connectivity index (χ0n) is 4.73. The fourth-order valence-corrected chi connectivity index (χ4v) is 0.681. The number of aliphatic hydroxyl groups is 1. The summed E-state index contributed by atoms with van der Waals surface area (Å²) in [5.41, 5.74) is 0.0135. The van der Waals surface area contributed by atoms with E-state index in [-0.39, 0.29) is 0 Å². The molecule has 0 saturated heterocycles. The smallest absolute Gasteiger partial charge is 0.123 e. The first-order valence-electron chi connectivity index (χ1n) is 2.57. The summed E-state index contributed by atoms with van der Waals surface area (Å²) < 4.78 is 0. The lowest BCUT2D eigenvalue weighted by Gasteiger charge is -1.99. The van der Waals surface area contributed by atoms with Crippen molar-refractivity contribution in [1.29, 1.82) is 0 Å². The molecule has 2 nitrogen and oxygen atoms in total. The highest BCUT2D eigenvalue weighted by atomic mass is 32.1. The number of nitrogens with zero attached hydrogens (tertiary/aromatic N) is 1.